The van der Waals surface area contributed by atoms with E-state index in [1.54, 1.807) is 6.07 Å². The average molecular weight is 279 g/mol. The lowest BCUT2D eigenvalue weighted by Crippen LogP contribution is -2.17. The molecule has 0 atom stereocenters. The molecule has 106 valence electrons. The van der Waals surface area contributed by atoms with Gasteiger partial charge in [0.2, 0.25) is 0 Å². The Labute approximate surface area is 123 Å². The molecule has 0 aliphatic rings. The summed E-state index contributed by atoms with van der Waals surface area (Å²) in [7, 11) is 2.02. The Morgan fingerprint density at radius 1 is 1.05 bits per heavy atom. The lowest BCUT2D eigenvalue weighted by molar-refractivity contribution is 0.558. The molecule has 0 radical (unpaired) electrons. The number of para-hydroxylation sites is 1. The molecule has 3 rings (SSSR count). The molecule has 0 saturated heterocycles. The van der Waals surface area contributed by atoms with E-state index in [2.05, 4.69) is 17.0 Å². The van der Waals surface area contributed by atoms with Crippen molar-refractivity contribution in [1.82, 2.24) is 0 Å². The Kier molecular flexibility index (Phi) is 3.48. The molecule has 3 nitrogen and oxygen atoms in total. The van der Waals surface area contributed by atoms with Crippen molar-refractivity contribution >= 4 is 16.7 Å². The van der Waals surface area contributed by atoms with Crippen LogP contribution in [0, 0.1) is 6.92 Å². The summed E-state index contributed by atoms with van der Waals surface area (Å²) < 4.78 is 5.30. The van der Waals surface area contributed by atoms with Gasteiger partial charge >= 0.3 is 5.63 Å². The van der Waals surface area contributed by atoms with E-state index in [1.807, 2.05) is 50.4 Å². The molecule has 0 aliphatic heterocycles. The molecular formula is C18H17NO2. The van der Waals surface area contributed by atoms with Gasteiger partial charge in [0.1, 0.15) is 5.58 Å². The molecule has 0 amide bonds. The Hall–Kier alpha value is -2.55. The molecule has 0 aliphatic carbocycles. The lowest BCUT2D eigenvalue weighted by atomic mass is 10.1. The van der Waals surface area contributed by atoms with Gasteiger partial charge in [0.15, 0.2) is 0 Å². The minimum Gasteiger partial charge on any atom is -0.423 e. The maximum absolute atomic E-state index is 11.7. The van der Waals surface area contributed by atoms with E-state index >= 15 is 0 Å². The van der Waals surface area contributed by atoms with E-state index < -0.39 is 0 Å². The zero-order chi connectivity index (χ0) is 14.8. The smallest absolute Gasteiger partial charge is 0.336 e. The minimum atomic E-state index is -0.301. The topological polar surface area (TPSA) is 33.5 Å². The van der Waals surface area contributed by atoms with Crippen LogP contribution in [-0.4, -0.2) is 7.05 Å². The van der Waals surface area contributed by atoms with E-state index in [1.165, 1.54) is 0 Å². The zero-order valence-electron chi connectivity index (χ0n) is 12.2. The van der Waals surface area contributed by atoms with Crippen molar-refractivity contribution in [3.8, 4) is 0 Å². The first kappa shape index (κ1) is 13.4. The molecule has 2 aromatic carbocycles. The third-order valence-corrected chi connectivity index (χ3v) is 3.59. The summed E-state index contributed by atoms with van der Waals surface area (Å²) in [6.07, 6.45) is 0. The van der Waals surface area contributed by atoms with Gasteiger partial charge in [-0.3, -0.25) is 0 Å². The van der Waals surface area contributed by atoms with Crippen LogP contribution >= 0.6 is 0 Å². The van der Waals surface area contributed by atoms with Crippen molar-refractivity contribution in [1.29, 1.82) is 0 Å². The van der Waals surface area contributed by atoms with Crippen LogP contribution in [0.15, 0.2) is 63.8 Å². The van der Waals surface area contributed by atoms with Crippen LogP contribution in [0.1, 0.15) is 11.1 Å². The number of rotatable bonds is 3. The van der Waals surface area contributed by atoms with Gasteiger partial charge in [-0.15, -0.1) is 0 Å². The molecule has 0 spiro atoms. The van der Waals surface area contributed by atoms with Crippen molar-refractivity contribution in [2.24, 2.45) is 0 Å². The second-order valence-corrected chi connectivity index (χ2v) is 5.28. The van der Waals surface area contributed by atoms with E-state index in [0.29, 0.717) is 12.1 Å². The predicted molar refractivity (Wildman–Crippen MR) is 85.8 cm³/mol. The Bertz CT molecular complexity index is 821. The fraction of sp³-hybridized carbons (Fsp3) is 0.167. The van der Waals surface area contributed by atoms with Crippen molar-refractivity contribution < 1.29 is 4.42 Å². The number of aryl methyl sites for hydroxylation is 1. The monoisotopic (exact) mass is 279 g/mol. The highest BCUT2D eigenvalue weighted by Gasteiger charge is 2.08. The molecule has 3 heteroatoms. The van der Waals surface area contributed by atoms with Crippen molar-refractivity contribution in [2.45, 2.75) is 13.5 Å². The summed E-state index contributed by atoms with van der Waals surface area (Å²) in [6, 6.07) is 17.7. The quantitative estimate of drug-likeness (QED) is 0.685. The first-order chi connectivity index (χ1) is 10.1. The minimum absolute atomic E-state index is 0.301. The molecule has 3 aromatic rings. The van der Waals surface area contributed by atoms with Gasteiger partial charge < -0.3 is 9.32 Å². The normalized spacial score (nSPS) is 10.8. The number of hydrogen-bond donors (Lipinski definition) is 0. The summed E-state index contributed by atoms with van der Waals surface area (Å²) in [5.41, 5.74) is 3.53. The van der Waals surface area contributed by atoms with Crippen LogP contribution in [0.2, 0.25) is 0 Å². The number of hydrogen-bond acceptors (Lipinski definition) is 3. The SMILES string of the molecule is Cc1ccc2c(CN(C)c3ccccc3)cc(=O)oc2c1. The first-order valence-electron chi connectivity index (χ1n) is 6.93. The van der Waals surface area contributed by atoms with Crippen LogP contribution in [0.25, 0.3) is 11.0 Å². The second-order valence-electron chi connectivity index (χ2n) is 5.28. The fourth-order valence-corrected chi connectivity index (χ4v) is 2.50. The highest BCUT2D eigenvalue weighted by molar-refractivity contribution is 5.81. The number of benzene rings is 2. The molecular weight excluding hydrogens is 262 g/mol. The Morgan fingerprint density at radius 2 is 1.81 bits per heavy atom. The maximum atomic E-state index is 11.7. The van der Waals surface area contributed by atoms with Crippen molar-refractivity contribution in [3.05, 3.63) is 76.1 Å². The Balaban J connectivity index is 2.02. The van der Waals surface area contributed by atoms with Gasteiger partial charge in [0.05, 0.1) is 0 Å². The summed E-state index contributed by atoms with van der Waals surface area (Å²) >= 11 is 0. The standard InChI is InChI=1S/C18H17NO2/c1-13-8-9-16-14(11-18(20)21-17(16)10-13)12-19(2)15-6-4-3-5-7-15/h3-11H,12H2,1-2H3. The van der Waals surface area contributed by atoms with Crippen LogP contribution in [-0.2, 0) is 6.54 Å². The summed E-state index contributed by atoms with van der Waals surface area (Å²) in [6.45, 7) is 2.65. The molecule has 0 fully saturated rings. The van der Waals surface area contributed by atoms with Gasteiger partial charge in [0, 0.05) is 30.7 Å². The van der Waals surface area contributed by atoms with E-state index in [4.69, 9.17) is 4.42 Å². The Morgan fingerprint density at radius 3 is 2.57 bits per heavy atom. The number of nitrogens with zero attached hydrogens (tertiary/aromatic N) is 1. The fourth-order valence-electron chi connectivity index (χ4n) is 2.50. The maximum Gasteiger partial charge on any atom is 0.336 e. The average Bonchev–Trinajstić information content (AvgIpc) is 2.47. The van der Waals surface area contributed by atoms with E-state index in [9.17, 15) is 4.79 Å². The van der Waals surface area contributed by atoms with Crippen LogP contribution in [0.3, 0.4) is 0 Å². The molecule has 1 heterocycles. The third kappa shape index (κ3) is 2.82. The van der Waals surface area contributed by atoms with Crippen LogP contribution < -0.4 is 10.5 Å². The van der Waals surface area contributed by atoms with E-state index in [-0.39, 0.29) is 5.63 Å². The van der Waals surface area contributed by atoms with Crippen molar-refractivity contribution in [3.63, 3.8) is 0 Å². The molecule has 21 heavy (non-hydrogen) atoms. The van der Waals surface area contributed by atoms with Crippen LogP contribution in [0.4, 0.5) is 5.69 Å². The van der Waals surface area contributed by atoms with Gasteiger partial charge in [-0.05, 0) is 36.2 Å². The van der Waals surface area contributed by atoms with Gasteiger partial charge in [-0.2, -0.15) is 0 Å². The summed E-state index contributed by atoms with van der Waals surface area (Å²) in [5, 5.41) is 0.989. The second kappa shape index (κ2) is 5.44. The predicted octanol–water partition coefficient (Wildman–Crippen LogP) is 3.74. The van der Waals surface area contributed by atoms with Crippen LogP contribution in [0.5, 0.6) is 0 Å². The van der Waals surface area contributed by atoms with Gasteiger partial charge in [-0.1, -0.05) is 30.3 Å². The molecule has 0 bridgehead atoms. The lowest BCUT2D eigenvalue weighted by Gasteiger charge is -2.20. The molecule has 0 N–H and O–H groups in total. The molecule has 1 aromatic heterocycles. The molecule has 0 unspecified atom stereocenters. The van der Waals surface area contributed by atoms with Gasteiger partial charge in [-0.25, -0.2) is 4.79 Å². The largest absolute Gasteiger partial charge is 0.423 e. The van der Waals surface area contributed by atoms with Gasteiger partial charge in [0.25, 0.3) is 0 Å². The summed E-state index contributed by atoms with van der Waals surface area (Å²) in [4.78, 5) is 13.9. The molecule has 0 saturated carbocycles. The van der Waals surface area contributed by atoms with Crippen molar-refractivity contribution in [2.75, 3.05) is 11.9 Å². The number of anilines is 1. The third-order valence-electron chi connectivity index (χ3n) is 3.59. The first-order valence-corrected chi connectivity index (χ1v) is 6.93. The highest BCUT2D eigenvalue weighted by Crippen LogP contribution is 2.21. The van der Waals surface area contributed by atoms with E-state index in [0.717, 1.165) is 22.2 Å². The zero-order valence-corrected chi connectivity index (χ0v) is 12.2. The highest BCUT2D eigenvalue weighted by atomic mass is 16.4. The number of fused-ring (bicyclic) bond motifs is 1. The summed E-state index contributed by atoms with van der Waals surface area (Å²) in [5.74, 6) is 0.